The van der Waals surface area contributed by atoms with Crippen molar-refractivity contribution in [1.29, 1.82) is 0 Å². The van der Waals surface area contributed by atoms with Gasteiger partial charge in [0.05, 0.1) is 13.1 Å². The maximum atomic E-state index is 11.4. The molecule has 0 aromatic carbocycles. The smallest absolute Gasteiger partial charge is 0.327 e. The van der Waals surface area contributed by atoms with Gasteiger partial charge in [0.1, 0.15) is 0 Å². The number of cyclic esters (lactones) is 2. The number of carbonyl (C=O) groups is 2. The van der Waals surface area contributed by atoms with Crippen molar-refractivity contribution in [3.8, 4) is 0 Å². The average molecular weight is 253 g/mol. The summed E-state index contributed by atoms with van der Waals surface area (Å²) >= 11 is 0. The first-order valence-electron chi connectivity index (χ1n) is 6.64. The van der Waals surface area contributed by atoms with Crippen molar-refractivity contribution in [2.45, 2.75) is 53.0 Å². The molecule has 0 spiro atoms. The van der Waals surface area contributed by atoms with Crippen LogP contribution in [0.4, 0.5) is 0 Å². The first-order valence-corrected chi connectivity index (χ1v) is 6.64. The molecule has 1 heterocycles. The molecule has 4 nitrogen and oxygen atoms in total. The third-order valence-corrected chi connectivity index (χ3v) is 3.94. The van der Waals surface area contributed by atoms with E-state index in [1.807, 2.05) is 4.90 Å². The highest BCUT2D eigenvalue weighted by molar-refractivity contribution is 5.90. The molecule has 0 amide bonds. The number of morpholine rings is 1. The highest BCUT2D eigenvalue weighted by Crippen LogP contribution is 2.47. The largest absolute Gasteiger partial charge is 0.391 e. The number of esters is 2. The molecule has 18 heavy (non-hydrogen) atoms. The minimum atomic E-state index is -0.410. The van der Waals surface area contributed by atoms with E-state index >= 15 is 0 Å². The lowest BCUT2D eigenvalue weighted by Crippen LogP contribution is -2.52. The topological polar surface area (TPSA) is 46.6 Å². The summed E-state index contributed by atoms with van der Waals surface area (Å²) in [5.74, 6) is -0.820. The zero-order valence-corrected chi connectivity index (χ0v) is 11.8. The molecule has 0 bridgehead atoms. The van der Waals surface area contributed by atoms with Crippen molar-refractivity contribution in [1.82, 2.24) is 4.90 Å². The summed E-state index contributed by atoms with van der Waals surface area (Å²) in [5.41, 5.74) is 0.521. The zero-order chi connectivity index (χ0) is 13.6. The highest BCUT2D eigenvalue weighted by atomic mass is 16.6. The van der Waals surface area contributed by atoms with Gasteiger partial charge < -0.3 is 4.74 Å². The standard InChI is InChI=1S/C14H23NO3/c1-13(2)5-10(6-14(3,4)9-13)15-7-11(16)18-12(17)8-15/h10H,5-9H2,1-4H3. The van der Waals surface area contributed by atoms with E-state index in [0.29, 0.717) is 6.04 Å². The van der Waals surface area contributed by atoms with Crippen LogP contribution in [-0.2, 0) is 14.3 Å². The molecule has 0 radical (unpaired) electrons. The van der Waals surface area contributed by atoms with Gasteiger partial charge in [-0.15, -0.1) is 0 Å². The van der Waals surface area contributed by atoms with Crippen LogP contribution in [0.15, 0.2) is 0 Å². The second-order valence-corrected chi connectivity index (χ2v) is 7.32. The van der Waals surface area contributed by atoms with E-state index < -0.39 is 11.9 Å². The lowest BCUT2D eigenvalue weighted by Gasteiger charge is -2.48. The molecular formula is C14H23NO3. The van der Waals surface area contributed by atoms with Crippen molar-refractivity contribution in [2.24, 2.45) is 10.8 Å². The normalized spacial score (nSPS) is 29.1. The Hall–Kier alpha value is -0.900. The van der Waals surface area contributed by atoms with E-state index in [0.717, 1.165) is 12.8 Å². The van der Waals surface area contributed by atoms with Gasteiger partial charge >= 0.3 is 11.9 Å². The number of ether oxygens (including phenoxy) is 1. The number of nitrogens with zero attached hydrogens (tertiary/aromatic N) is 1. The van der Waals surface area contributed by atoms with Crippen LogP contribution >= 0.6 is 0 Å². The molecule has 1 aliphatic carbocycles. The van der Waals surface area contributed by atoms with Crippen LogP contribution in [0.5, 0.6) is 0 Å². The van der Waals surface area contributed by atoms with Crippen LogP contribution < -0.4 is 0 Å². The summed E-state index contributed by atoms with van der Waals surface area (Å²) in [4.78, 5) is 24.7. The van der Waals surface area contributed by atoms with Gasteiger partial charge in [0.25, 0.3) is 0 Å². The maximum absolute atomic E-state index is 11.4. The summed E-state index contributed by atoms with van der Waals surface area (Å²) < 4.78 is 4.59. The lowest BCUT2D eigenvalue weighted by molar-refractivity contribution is -0.169. The predicted molar refractivity (Wildman–Crippen MR) is 67.9 cm³/mol. The first-order chi connectivity index (χ1) is 8.17. The van der Waals surface area contributed by atoms with Crippen LogP contribution in [0.2, 0.25) is 0 Å². The molecule has 0 atom stereocenters. The van der Waals surface area contributed by atoms with Crippen LogP contribution in [0.1, 0.15) is 47.0 Å². The van der Waals surface area contributed by atoms with Crippen molar-refractivity contribution < 1.29 is 14.3 Å². The van der Waals surface area contributed by atoms with Crippen LogP contribution in [0, 0.1) is 10.8 Å². The molecule has 4 heteroatoms. The van der Waals surface area contributed by atoms with Gasteiger partial charge in [-0.2, -0.15) is 0 Å². The molecule has 1 aliphatic heterocycles. The minimum Gasteiger partial charge on any atom is -0.391 e. The van der Waals surface area contributed by atoms with Gasteiger partial charge in [-0.1, -0.05) is 27.7 Å². The van der Waals surface area contributed by atoms with E-state index in [1.54, 1.807) is 0 Å². The Morgan fingerprint density at radius 3 is 1.89 bits per heavy atom. The molecule has 0 aromatic rings. The molecule has 1 saturated carbocycles. The second kappa shape index (κ2) is 4.34. The van der Waals surface area contributed by atoms with E-state index in [4.69, 9.17) is 0 Å². The molecule has 1 saturated heterocycles. The highest BCUT2D eigenvalue weighted by Gasteiger charge is 2.42. The summed E-state index contributed by atoms with van der Waals surface area (Å²) in [6.45, 7) is 9.58. The van der Waals surface area contributed by atoms with Crippen molar-refractivity contribution in [2.75, 3.05) is 13.1 Å². The van der Waals surface area contributed by atoms with Gasteiger partial charge in [0.15, 0.2) is 0 Å². The minimum absolute atomic E-state index is 0.253. The molecule has 102 valence electrons. The third kappa shape index (κ3) is 3.10. The monoisotopic (exact) mass is 253 g/mol. The van der Waals surface area contributed by atoms with E-state index in [-0.39, 0.29) is 23.9 Å². The van der Waals surface area contributed by atoms with E-state index in [2.05, 4.69) is 32.4 Å². The predicted octanol–water partition coefficient (Wildman–Crippen LogP) is 1.98. The lowest BCUT2D eigenvalue weighted by atomic mass is 9.63. The Labute approximate surface area is 109 Å². The van der Waals surface area contributed by atoms with Crippen LogP contribution in [0.3, 0.4) is 0 Å². The fourth-order valence-corrected chi connectivity index (χ4v) is 3.88. The van der Waals surface area contributed by atoms with Gasteiger partial charge in [-0.05, 0) is 30.1 Å². The van der Waals surface area contributed by atoms with Crippen LogP contribution in [0.25, 0.3) is 0 Å². The van der Waals surface area contributed by atoms with Gasteiger partial charge in [0.2, 0.25) is 0 Å². The Kier molecular flexibility index (Phi) is 3.26. The van der Waals surface area contributed by atoms with E-state index in [1.165, 1.54) is 6.42 Å². The summed E-state index contributed by atoms with van der Waals surface area (Å²) in [6.07, 6.45) is 3.26. The molecule has 2 fully saturated rings. The molecule has 0 N–H and O–H groups in total. The third-order valence-electron chi connectivity index (χ3n) is 3.94. The Bertz CT molecular complexity index is 341. The van der Waals surface area contributed by atoms with Gasteiger partial charge in [-0.3, -0.25) is 14.5 Å². The average Bonchev–Trinajstić information content (AvgIpc) is 2.10. The van der Waals surface area contributed by atoms with Crippen molar-refractivity contribution in [3.05, 3.63) is 0 Å². The summed E-state index contributed by atoms with van der Waals surface area (Å²) in [5, 5.41) is 0. The Balaban J connectivity index is 2.12. The zero-order valence-electron chi connectivity index (χ0n) is 11.8. The Morgan fingerprint density at radius 1 is 1.00 bits per heavy atom. The maximum Gasteiger partial charge on any atom is 0.327 e. The van der Waals surface area contributed by atoms with Crippen LogP contribution in [-0.4, -0.2) is 36.0 Å². The van der Waals surface area contributed by atoms with Crippen molar-refractivity contribution >= 4 is 11.9 Å². The van der Waals surface area contributed by atoms with Crippen molar-refractivity contribution in [3.63, 3.8) is 0 Å². The molecule has 0 unspecified atom stereocenters. The molecule has 0 aromatic heterocycles. The summed E-state index contributed by atoms with van der Waals surface area (Å²) in [7, 11) is 0. The molecular weight excluding hydrogens is 230 g/mol. The fraction of sp³-hybridized carbons (Fsp3) is 0.857. The van der Waals surface area contributed by atoms with E-state index in [9.17, 15) is 9.59 Å². The molecule has 2 rings (SSSR count). The second-order valence-electron chi connectivity index (χ2n) is 7.32. The SMILES string of the molecule is CC1(C)CC(N2CC(=O)OC(=O)C2)CC(C)(C)C1. The number of hydrogen-bond acceptors (Lipinski definition) is 4. The number of carbonyl (C=O) groups excluding carboxylic acids is 2. The quantitative estimate of drug-likeness (QED) is 0.529. The first kappa shape index (κ1) is 13.5. The number of hydrogen-bond donors (Lipinski definition) is 0. The van der Waals surface area contributed by atoms with Gasteiger partial charge in [0, 0.05) is 6.04 Å². The number of rotatable bonds is 1. The Morgan fingerprint density at radius 2 is 1.44 bits per heavy atom. The molecule has 2 aliphatic rings. The summed E-state index contributed by atoms with van der Waals surface area (Å²) in [6, 6.07) is 0.306. The van der Waals surface area contributed by atoms with Gasteiger partial charge in [-0.25, -0.2) is 0 Å². The fourth-order valence-electron chi connectivity index (χ4n) is 3.88.